The zero-order valence-corrected chi connectivity index (χ0v) is 19.0. The molecule has 0 atom stereocenters. The molecule has 7 heteroatoms. The number of para-hydroxylation sites is 4. The number of nitrogens with one attached hydrogen (secondary N) is 1. The quantitative estimate of drug-likeness (QED) is 0.368. The summed E-state index contributed by atoms with van der Waals surface area (Å²) in [5, 5.41) is 3.02. The summed E-state index contributed by atoms with van der Waals surface area (Å²) < 4.78 is 6.83. The second-order valence-electron chi connectivity index (χ2n) is 7.98. The first kappa shape index (κ1) is 21.4. The number of aromatic nitrogens is 1. The largest absolute Gasteiger partial charge is 0.419 e. The van der Waals surface area contributed by atoms with Gasteiger partial charge in [-0.2, -0.15) is 0 Å². The van der Waals surface area contributed by atoms with Crippen LogP contribution in [-0.4, -0.2) is 23.6 Å². The van der Waals surface area contributed by atoms with Crippen LogP contribution < -0.4 is 16.0 Å². The molecule has 3 aromatic carbocycles. The van der Waals surface area contributed by atoms with Gasteiger partial charge < -0.3 is 14.6 Å². The van der Waals surface area contributed by atoms with Gasteiger partial charge in [-0.25, -0.2) is 4.79 Å². The van der Waals surface area contributed by atoms with E-state index in [1.54, 1.807) is 22.4 Å². The minimum Gasteiger partial charge on any atom is -0.408 e. The van der Waals surface area contributed by atoms with Crippen molar-refractivity contribution in [3.05, 3.63) is 83.3 Å². The number of carbonyl (C=O) groups is 1. The Bertz CT molecular complexity index is 1300. The van der Waals surface area contributed by atoms with Crippen molar-refractivity contribution in [3.8, 4) is 0 Å². The maximum Gasteiger partial charge on any atom is 0.419 e. The number of hydrogen-bond donors (Lipinski definition) is 1. The van der Waals surface area contributed by atoms with Crippen molar-refractivity contribution in [1.29, 1.82) is 0 Å². The maximum atomic E-state index is 12.3. The van der Waals surface area contributed by atoms with Gasteiger partial charge in [-0.1, -0.05) is 48.2 Å². The van der Waals surface area contributed by atoms with Gasteiger partial charge in [-0.15, -0.1) is 0 Å². The molecule has 2 heterocycles. The summed E-state index contributed by atoms with van der Waals surface area (Å²) in [6.07, 6.45) is 1.79. The van der Waals surface area contributed by atoms with E-state index < -0.39 is 0 Å². The van der Waals surface area contributed by atoms with Gasteiger partial charge in [0.1, 0.15) is 0 Å². The number of nitrogens with zero attached hydrogens (tertiary/aromatic N) is 2. The molecular formula is C26H25N3O3S. The van der Waals surface area contributed by atoms with Crippen LogP contribution in [0.4, 0.5) is 11.4 Å². The van der Waals surface area contributed by atoms with E-state index in [9.17, 15) is 9.59 Å². The SMILES string of the molecule is O=C(CCCn1c(=O)oc2ccccc21)NCCCN1c2ccccc2Sc2ccccc21. The van der Waals surface area contributed by atoms with Crippen LogP contribution in [0.1, 0.15) is 19.3 Å². The third kappa shape index (κ3) is 4.54. The minimum absolute atomic E-state index is 0.00542. The third-order valence-electron chi connectivity index (χ3n) is 5.77. The fourth-order valence-corrected chi connectivity index (χ4v) is 5.29. The first-order chi connectivity index (χ1) is 16.2. The van der Waals surface area contributed by atoms with Crippen LogP contribution in [0.25, 0.3) is 11.1 Å². The standard InChI is InChI=1S/C26H25N3O3S/c30-25(15-7-17-29-19-9-1-4-12-22(19)32-26(29)31)27-16-8-18-28-20-10-2-5-13-23(20)33-24-14-6-3-11-21(24)28/h1-6,9-14H,7-8,15-18H2,(H,27,30). The Kier molecular flexibility index (Phi) is 6.21. The third-order valence-corrected chi connectivity index (χ3v) is 6.90. The Hall–Kier alpha value is -3.45. The van der Waals surface area contributed by atoms with Gasteiger partial charge in [0.2, 0.25) is 5.91 Å². The number of benzene rings is 3. The average Bonchev–Trinajstić information content (AvgIpc) is 3.16. The predicted octanol–water partition coefficient (Wildman–Crippen LogP) is 5.18. The fraction of sp³-hybridized carbons (Fsp3) is 0.231. The predicted molar refractivity (Wildman–Crippen MR) is 131 cm³/mol. The normalized spacial score (nSPS) is 12.4. The Labute approximate surface area is 196 Å². The molecule has 1 aromatic heterocycles. The zero-order chi connectivity index (χ0) is 22.6. The number of carbonyl (C=O) groups excluding carboxylic acids is 1. The van der Waals surface area contributed by atoms with Gasteiger partial charge in [-0.3, -0.25) is 9.36 Å². The van der Waals surface area contributed by atoms with E-state index in [0.29, 0.717) is 31.5 Å². The number of hydrogen-bond acceptors (Lipinski definition) is 5. The molecule has 0 spiro atoms. The van der Waals surface area contributed by atoms with Crippen molar-refractivity contribution >= 4 is 40.1 Å². The lowest BCUT2D eigenvalue weighted by Gasteiger charge is -2.32. The molecule has 1 aliphatic rings. The highest BCUT2D eigenvalue weighted by Crippen LogP contribution is 2.47. The van der Waals surface area contributed by atoms with Crippen molar-refractivity contribution < 1.29 is 9.21 Å². The average molecular weight is 460 g/mol. The first-order valence-corrected chi connectivity index (χ1v) is 12.0. The fourth-order valence-electron chi connectivity index (χ4n) is 4.20. The first-order valence-electron chi connectivity index (χ1n) is 11.2. The van der Waals surface area contributed by atoms with Crippen LogP contribution in [0, 0.1) is 0 Å². The van der Waals surface area contributed by atoms with Crippen LogP contribution in [0.5, 0.6) is 0 Å². The van der Waals surface area contributed by atoms with Crippen LogP contribution in [0.2, 0.25) is 0 Å². The Balaban J connectivity index is 1.12. The van der Waals surface area contributed by atoms with E-state index in [2.05, 4.69) is 58.7 Å². The number of aryl methyl sites for hydroxylation is 1. The number of rotatable bonds is 8. The molecule has 4 aromatic rings. The lowest BCUT2D eigenvalue weighted by atomic mass is 10.2. The molecule has 0 bridgehead atoms. The second kappa shape index (κ2) is 9.58. The molecule has 0 fully saturated rings. The number of amides is 1. The smallest absolute Gasteiger partial charge is 0.408 e. The van der Waals surface area contributed by atoms with E-state index in [4.69, 9.17) is 4.42 Å². The van der Waals surface area contributed by atoms with Crippen molar-refractivity contribution in [2.24, 2.45) is 0 Å². The lowest BCUT2D eigenvalue weighted by Crippen LogP contribution is -2.29. The van der Waals surface area contributed by atoms with Crippen LogP contribution in [0.15, 0.2) is 91.8 Å². The van der Waals surface area contributed by atoms with E-state index in [0.717, 1.165) is 18.5 Å². The summed E-state index contributed by atoms with van der Waals surface area (Å²) in [6.45, 7) is 1.90. The van der Waals surface area contributed by atoms with E-state index in [1.165, 1.54) is 21.2 Å². The molecule has 0 radical (unpaired) electrons. The van der Waals surface area contributed by atoms with Gasteiger partial charge >= 0.3 is 5.76 Å². The van der Waals surface area contributed by atoms with Crippen molar-refractivity contribution in [2.45, 2.75) is 35.6 Å². The number of anilines is 2. The van der Waals surface area contributed by atoms with Crippen molar-refractivity contribution in [1.82, 2.24) is 9.88 Å². The molecule has 33 heavy (non-hydrogen) atoms. The molecule has 0 saturated heterocycles. The zero-order valence-electron chi connectivity index (χ0n) is 18.2. The highest BCUT2D eigenvalue weighted by Gasteiger charge is 2.22. The van der Waals surface area contributed by atoms with Crippen molar-refractivity contribution in [3.63, 3.8) is 0 Å². The van der Waals surface area contributed by atoms with Gasteiger partial charge in [-0.05, 0) is 49.2 Å². The molecule has 0 saturated carbocycles. The second-order valence-corrected chi connectivity index (χ2v) is 9.07. The van der Waals surface area contributed by atoms with E-state index in [-0.39, 0.29) is 11.7 Å². The van der Waals surface area contributed by atoms with Crippen LogP contribution >= 0.6 is 11.8 Å². The summed E-state index contributed by atoms with van der Waals surface area (Å²) in [4.78, 5) is 29.2. The Morgan fingerprint density at radius 2 is 1.52 bits per heavy atom. The molecule has 6 nitrogen and oxygen atoms in total. The van der Waals surface area contributed by atoms with Crippen LogP contribution in [0.3, 0.4) is 0 Å². The topological polar surface area (TPSA) is 67.5 Å². The van der Waals surface area contributed by atoms with Gasteiger partial charge in [0.15, 0.2) is 5.58 Å². The van der Waals surface area contributed by atoms with Gasteiger partial charge in [0.25, 0.3) is 0 Å². The molecule has 0 unspecified atom stereocenters. The van der Waals surface area contributed by atoms with Crippen molar-refractivity contribution in [2.75, 3.05) is 18.0 Å². The summed E-state index contributed by atoms with van der Waals surface area (Å²) in [7, 11) is 0. The summed E-state index contributed by atoms with van der Waals surface area (Å²) in [5.74, 6) is -0.372. The van der Waals surface area contributed by atoms with Crippen LogP contribution in [-0.2, 0) is 11.3 Å². The molecule has 1 amide bonds. The minimum atomic E-state index is -0.378. The maximum absolute atomic E-state index is 12.3. The highest BCUT2D eigenvalue weighted by atomic mass is 32.2. The molecule has 0 aliphatic carbocycles. The summed E-state index contributed by atoms with van der Waals surface area (Å²) in [5.41, 5.74) is 3.77. The Morgan fingerprint density at radius 3 is 2.27 bits per heavy atom. The van der Waals surface area contributed by atoms with E-state index in [1.807, 2.05) is 18.2 Å². The van der Waals surface area contributed by atoms with E-state index >= 15 is 0 Å². The highest BCUT2D eigenvalue weighted by molar-refractivity contribution is 7.99. The number of oxazole rings is 1. The Morgan fingerprint density at radius 1 is 0.848 bits per heavy atom. The number of fused-ring (bicyclic) bond motifs is 3. The lowest BCUT2D eigenvalue weighted by molar-refractivity contribution is -0.121. The van der Waals surface area contributed by atoms with Gasteiger partial charge in [0, 0.05) is 35.8 Å². The summed E-state index contributed by atoms with van der Waals surface area (Å²) in [6, 6.07) is 24.2. The molecule has 1 N–H and O–H groups in total. The molecule has 5 rings (SSSR count). The summed E-state index contributed by atoms with van der Waals surface area (Å²) >= 11 is 1.80. The van der Waals surface area contributed by atoms with Gasteiger partial charge in [0.05, 0.1) is 16.9 Å². The molecular weight excluding hydrogens is 434 g/mol. The molecule has 168 valence electrons. The monoisotopic (exact) mass is 459 g/mol. The molecule has 1 aliphatic heterocycles.